The summed E-state index contributed by atoms with van der Waals surface area (Å²) in [7, 11) is 3.32. The summed E-state index contributed by atoms with van der Waals surface area (Å²) in [6.07, 6.45) is 2.54. The molecule has 1 N–H and O–H groups in total. The Balaban J connectivity index is 1.95. The molecule has 1 saturated carbocycles. The lowest BCUT2D eigenvalue weighted by Crippen LogP contribution is -2.37. The van der Waals surface area contributed by atoms with Crippen molar-refractivity contribution in [2.75, 3.05) is 19.5 Å². The topological polar surface area (TPSA) is 30.5 Å². The number of anilines is 1. The average molecular weight is 249 g/mol. The van der Waals surface area contributed by atoms with E-state index in [4.69, 9.17) is 9.47 Å². The van der Waals surface area contributed by atoms with Gasteiger partial charge in [0.2, 0.25) is 0 Å². The van der Waals surface area contributed by atoms with Gasteiger partial charge in [0.05, 0.1) is 14.2 Å². The van der Waals surface area contributed by atoms with E-state index in [0.717, 1.165) is 29.0 Å². The zero-order valence-corrected chi connectivity index (χ0v) is 11.7. The molecule has 0 radical (unpaired) electrons. The fourth-order valence-electron chi connectivity index (χ4n) is 2.49. The van der Waals surface area contributed by atoms with E-state index < -0.39 is 0 Å². The third-order valence-electron chi connectivity index (χ3n) is 3.87. The lowest BCUT2D eigenvalue weighted by atomic mass is 9.73. The van der Waals surface area contributed by atoms with Gasteiger partial charge in [-0.25, -0.2) is 0 Å². The van der Waals surface area contributed by atoms with Crippen LogP contribution in [0.3, 0.4) is 0 Å². The number of rotatable bonds is 5. The van der Waals surface area contributed by atoms with E-state index in [9.17, 15) is 0 Å². The van der Waals surface area contributed by atoms with Crippen LogP contribution < -0.4 is 14.8 Å². The van der Waals surface area contributed by atoms with Crippen molar-refractivity contribution in [3.05, 3.63) is 18.2 Å². The lowest BCUT2D eigenvalue weighted by Gasteiger charge is -2.39. The van der Waals surface area contributed by atoms with Crippen molar-refractivity contribution in [1.29, 1.82) is 0 Å². The second kappa shape index (κ2) is 5.51. The molecule has 3 heteroatoms. The standard InChI is InChI=1S/C15H23NO2/c1-10(2)11-7-13(8-11)16-12-5-6-14(17-3)15(9-12)18-4/h5-6,9-11,13,16H,7-8H2,1-4H3. The Morgan fingerprint density at radius 1 is 1.11 bits per heavy atom. The van der Waals surface area contributed by atoms with Crippen LogP contribution >= 0.6 is 0 Å². The largest absolute Gasteiger partial charge is 0.493 e. The van der Waals surface area contributed by atoms with Crippen LogP contribution in [0.1, 0.15) is 26.7 Å². The molecule has 2 rings (SSSR count). The molecule has 1 aliphatic carbocycles. The molecular weight excluding hydrogens is 226 g/mol. The van der Waals surface area contributed by atoms with E-state index in [1.807, 2.05) is 18.2 Å². The molecule has 1 fully saturated rings. The van der Waals surface area contributed by atoms with Gasteiger partial charge in [0.25, 0.3) is 0 Å². The zero-order valence-electron chi connectivity index (χ0n) is 11.7. The summed E-state index contributed by atoms with van der Waals surface area (Å²) >= 11 is 0. The Kier molecular flexibility index (Phi) is 4.00. The number of ether oxygens (including phenoxy) is 2. The molecule has 3 nitrogen and oxygen atoms in total. The molecule has 1 aromatic carbocycles. The second-order valence-corrected chi connectivity index (χ2v) is 5.39. The monoisotopic (exact) mass is 249 g/mol. The van der Waals surface area contributed by atoms with Crippen molar-refractivity contribution in [3.8, 4) is 11.5 Å². The highest BCUT2D eigenvalue weighted by atomic mass is 16.5. The molecular formula is C15H23NO2. The first-order valence-electron chi connectivity index (χ1n) is 6.62. The summed E-state index contributed by atoms with van der Waals surface area (Å²) in [5, 5.41) is 3.55. The number of hydrogen-bond donors (Lipinski definition) is 1. The van der Waals surface area contributed by atoms with E-state index in [1.165, 1.54) is 12.8 Å². The molecule has 0 heterocycles. The normalized spacial score (nSPS) is 22.5. The quantitative estimate of drug-likeness (QED) is 0.865. The van der Waals surface area contributed by atoms with Gasteiger partial charge in [-0.15, -0.1) is 0 Å². The first-order valence-corrected chi connectivity index (χ1v) is 6.62. The number of benzene rings is 1. The van der Waals surface area contributed by atoms with Gasteiger partial charge < -0.3 is 14.8 Å². The van der Waals surface area contributed by atoms with Crippen molar-refractivity contribution in [2.24, 2.45) is 11.8 Å². The van der Waals surface area contributed by atoms with E-state index >= 15 is 0 Å². The van der Waals surface area contributed by atoms with Gasteiger partial charge in [-0.05, 0) is 36.8 Å². The van der Waals surface area contributed by atoms with Crippen LogP contribution in [0.25, 0.3) is 0 Å². The number of hydrogen-bond acceptors (Lipinski definition) is 3. The molecule has 0 saturated heterocycles. The zero-order chi connectivity index (χ0) is 13.1. The van der Waals surface area contributed by atoms with E-state index in [0.29, 0.717) is 6.04 Å². The van der Waals surface area contributed by atoms with Gasteiger partial charge in [-0.1, -0.05) is 13.8 Å². The van der Waals surface area contributed by atoms with Crippen molar-refractivity contribution in [3.63, 3.8) is 0 Å². The molecule has 0 amide bonds. The maximum absolute atomic E-state index is 5.30. The van der Waals surface area contributed by atoms with E-state index in [-0.39, 0.29) is 0 Å². The maximum Gasteiger partial charge on any atom is 0.162 e. The molecule has 0 bridgehead atoms. The molecule has 0 spiro atoms. The minimum atomic E-state index is 0.607. The van der Waals surface area contributed by atoms with Crippen LogP contribution in [-0.4, -0.2) is 20.3 Å². The lowest BCUT2D eigenvalue weighted by molar-refractivity contribution is 0.212. The van der Waals surface area contributed by atoms with Crippen LogP contribution in [-0.2, 0) is 0 Å². The summed E-state index contributed by atoms with van der Waals surface area (Å²) < 4.78 is 10.5. The summed E-state index contributed by atoms with van der Waals surface area (Å²) in [5.74, 6) is 3.23. The third kappa shape index (κ3) is 2.71. The minimum absolute atomic E-state index is 0.607. The van der Waals surface area contributed by atoms with Crippen molar-refractivity contribution in [1.82, 2.24) is 0 Å². The molecule has 1 aromatic rings. The maximum atomic E-state index is 5.30. The van der Waals surface area contributed by atoms with Gasteiger partial charge in [-0.3, -0.25) is 0 Å². The first kappa shape index (κ1) is 13.1. The second-order valence-electron chi connectivity index (χ2n) is 5.39. The van der Waals surface area contributed by atoms with Crippen molar-refractivity contribution in [2.45, 2.75) is 32.7 Å². The minimum Gasteiger partial charge on any atom is -0.493 e. The number of methoxy groups -OCH3 is 2. The molecule has 0 unspecified atom stereocenters. The van der Waals surface area contributed by atoms with E-state index in [1.54, 1.807) is 14.2 Å². The van der Waals surface area contributed by atoms with Gasteiger partial charge >= 0.3 is 0 Å². The van der Waals surface area contributed by atoms with Crippen LogP contribution in [0.4, 0.5) is 5.69 Å². The van der Waals surface area contributed by atoms with Crippen LogP contribution in [0.15, 0.2) is 18.2 Å². The van der Waals surface area contributed by atoms with Gasteiger partial charge in [0.1, 0.15) is 0 Å². The molecule has 1 aliphatic rings. The Labute approximate surface area is 109 Å². The first-order chi connectivity index (χ1) is 8.63. The fourth-order valence-corrected chi connectivity index (χ4v) is 2.49. The van der Waals surface area contributed by atoms with Gasteiger partial charge in [0, 0.05) is 17.8 Å². The van der Waals surface area contributed by atoms with Crippen LogP contribution in [0.2, 0.25) is 0 Å². The predicted molar refractivity (Wildman–Crippen MR) is 74.5 cm³/mol. The highest BCUT2D eigenvalue weighted by Gasteiger charge is 2.30. The Morgan fingerprint density at radius 2 is 1.78 bits per heavy atom. The van der Waals surface area contributed by atoms with Crippen LogP contribution in [0, 0.1) is 11.8 Å². The molecule has 0 atom stereocenters. The molecule has 0 aliphatic heterocycles. The smallest absolute Gasteiger partial charge is 0.162 e. The SMILES string of the molecule is COc1ccc(NC2CC(C(C)C)C2)cc1OC. The molecule has 100 valence electrons. The average Bonchev–Trinajstić information content (AvgIpc) is 2.32. The number of nitrogens with one attached hydrogen (secondary N) is 1. The summed E-state index contributed by atoms with van der Waals surface area (Å²) in [6, 6.07) is 6.60. The van der Waals surface area contributed by atoms with E-state index in [2.05, 4.69) is 19.2 Å². The van der Waals surface area contributed by atoms with Gasteiger partial charge in [-0.2, -0.15) is 0 Å². The summed E-state index contributed by atoms with van der Waals surface area (Å²) in [5.41, 5.74) is 1.11. The van der Waals surface area contributed by atoms with Crippen LogP contribution in [0.5, 0.6) is 11.5 Å². The highest BCUT2D eigenvalue weighted by Crippen LogP contribution is 2.37. The van der Waals surface area contributed by atoms with Crippen molar-refractivity contribution < 1.29 is 9.47 Å². The molecule has 0 aromatic heterocycles. The Morgan fingerprint density at radius 3 is 2.33 bits per heavy atom. The summed E-state index contributed by atoms with van der Waals surface area (Å²) in [4.78, 5) is 0. The summed E-state index contributed by atoms with van der Waals surface area (Å²) in [6.45, 7) is 4.61. The Bertz CT molecular complexity index is 397. The van der Waals surface area contributed by atoms with Crippen molar-refractivity contribution >= 4 is 5.69 Å². The Hall–Kier alpha value is -1.38. The fraction of sp³-hybridized carbons (Fsp3) is 0.600. The highest BCUT2D eigenvalue weighted by molar-refractivity contribution is 5.55. The predicted octanol–water partition coefficient (Wildman–Crippen LogP) is 3.55. The third-order valence-corrected chi connectivity index (χ3v) is 3.87. The van der Waals surface area contributed by atoms with Gasteiger partial charge in [0.15, 0.2) is 11.5 Å². The molecule has 18 heavy (non-hydrogen) atoms.